The highest BCUT2D eigenvalue weighted by Crippen LogP contribution is 2.48. The highest BCUT2D eigenvalue weighted by atomic mass is 35.5. The number of aliphatic carboxylic acids is 1. The van der Waals surface area contributed by atoms with Gasteiger partial charge >= 0.3 is 5.97 Å². The van der Waals surface area contributed by atoms with Gasteiger partial charge in [-0.15, -0.1) is 11.3 Å². The molecule has 3 N–H and O–H groups in total. The molecule has 0 radical (unpaired) electrons. The van der Waals surface area contributed by atoms with Crippen molar-refractivity contribution in [3.63, 3.8) is 0 Å². The van der Waals surface area contributed by atoms with Crippen LogP contribution in [-0.2, 0) is 11.2 Å². The van der Waals surface area contributed by atoms with E-state index in [9.17, 15) is 15.0 Å². The molecule has 164 valence electrons. The van der Waals surface area contributed by atoms with E-state index < -0.39 is 11.9 Å². The molecule has 0 amide bonds. The van der Waals surface area contributed by atoms with Crippen LogP contribution in [-0.4, -0.2) is 27.7 Å². The first-order valence-corrected chi connectivity index (χ1v) is 11.2. The largest absolute Gasteiger partial charge is 0.508 e. The molecule has 1 heterocycles. The normalized spacial score (nSPS) is 14.0. The first-order chi connectivity index (χ1) is 14.4. The van der Waals surface area contributed by atoms with Gasteiger partial charge in [-0.05, 0) is 55.0 Å². The Balaban J connectivity index is 0.00000272. The number of aromatic hydroxyl groups is 1. The summed E-state index contributed by atoms with van der Waals surface area (Å²) in [5.74, 6) is -0.919. The molecule has 0 aliphatic heterocycles. The van der Waals surface area contributed by atoms with Crippen molar-refractivity contribution in [3.8, 4) is 17.0 Å². The topological polar surface area (TPSA) is 82.5 Å². The predicted molar refractivity (Wildman–Crippen MR) is 131 cm³/mol. The molecule has 1 aromatic heterocycles. The molecule has 31 heavy (non-hydrogen) atoms. The molecule has 0 saturated heterocycles. The Morgan fingerprint density at radius 1 is 1.19 bits per heavy atom. The van der Waals surface area contributed by atoms with Crippen molar-refractivity contribution in [1.82, 2.24) is 4.98 Å². The second-order valence-corrected chi connectivity index (χ2v) is 9.27. The third kappa shape index (κ3) is 5.86. The molecule has 0 spiro atoms. The average molecular weight is 497 g/mol. The Labute approximate surface area is 201 Å². The van der Waals surface area contributed by atoms with E-state index in [2.05, 4.69) is 5.32 Å². The van der Waals surface area contributed by atoms with Crippen LogP contribution in [0.2, 0.25) is 10.0 Å². The van der Waals surface area contributed by atoms with Crippen molar-refractivity contribution in [2.24, 2.45) is 5.92 Å². The first-order valence-electron chi connectivity index (χ1n) is 9.61. The van der Waals surface area contributed by atoms with E-state index in [0.717, 1.165) is 29.7 Å². The number of carboxylic acids is 1. The van der Waals surface area contributed by atoms with Gasteiger partial charge in [0.2, 0.25) is 0 Å². The fraction of sp³-hybridized carbons (Fsp3) is 0.273. The van der Waals surface area contributed by atoms with E-state index in [-0.39, 0.29) is 25.8 Å². The average Bonchev–Trinajstić information content (AvgIpc) is 3.47. The molecule has 0 bridgehead atoms. The summed E-state index contributed by atoms with van der Waals surface area (Å²) in [5.41, 5.74) is 2.56. The molecule has 1 aliphatic carbocycles. The Bertz CT molecular complexity index is 1090. The number of phenolic OH excluding ortho intramolecular Hbond substituents is 1. The first kappa shape index (κ1) is 23.7. The lowest BCUT2D eigenvalue weighted by atomic mass is 9.99. The van der Waals surface area contributed by atoms with Crippen LogP contribution in [0.5, 0.6) is 5.75 Å². The van der Waals surface area contributed by atoms with Crippen molar-refractivity contribution in [2.75, 3.05) is 11.9 Å². The van der Waals surface area contributed by atoms with Crippen molar-refractivity contribution >= 4 is 59.1 Å². The quantitative estimate of drug-likeness (QED) is 0.347. The molecular weight excluding hydrogens is 475 g/mol. The van der Waals surface area contributed by atoms with Crippen LogP contribution in [0.15, 0.2) is 42.5 Å². The van der Waals surface area contributed by atoms with Crippen LogP contribution in [0.4, 0.5) is 5.13 Å². The van der Waals surface area contributed by atoms with Gasteiger partial charge in [0.1, 0.15) is 5.75 Å². The molecule has 9 heteroatoms. The van der Waals surface area contributed by atoms with Crippen LogP contribution in [0.1, 0.15) is 29.2 Å². The maximum Gasteiger partial charge on any atom is 0.308 e. The molecule has 2 aromatic carbocycles. The van der Waals surface area contributed by atoms with Gasteiger partial charge in [-0.2, -0.15) is 13.5 Å². The number of halogens is 2. The SMILES string of the molecule is O=C(O)C(CNc1nc(-c2ccc(Cl)c(Cl)c2)c(C2CC2)s1)Cc1cccc(O)c1.S. The minimum absolute atomic E-state index is 0. The third-order valence-corrected chi connectivity index (χ3v) is 6.95. The highest BCUT2D eigenvalue weighted by Gasteiger charge is 2.30. The van der Waals surface area contributed by atoms with E-state index in [1.807, 2.05) is 18.2 Å². The second-order valence-electron chi connectivity index (χ2n) is 7.43. The van der Waals surface area contributed by atoms with E-state index in [4.69, 9.17) is 28.2 Å². The lowest BCUT2D eigenvalue weighted by molar-refractivity contribution is -0.141. The number of rotatable bonds is 8. The molecule has 1 atom stereocenters. The fourth-order valence-electron chi connectivity index (χ4n) is 3.31. The Morgan fingerprint density at radius 3 is 2.61 bits per heavy atom. The van der Waals surface area contributed by atoms with Gasteiger partial charge in [-0.3, -0.25) is 4.79 Å². The minimum atomic E-state index is -0.894. The Kier molecular flexibility index (Phi) is 7.75. The Hall–Kier alpha value is -1.93. The third-order valence-electron chi connectivity index (χ3n) is 5.04. The summed E-state index contributed by atoms with van der Waals surface area (Å²) in [7, 11) is 0. The number of thiazole rings is 1. The van der Waals surface area contributed by atoms with E-state index >= 15 is 0 Å². The summed E-state index contributed by atoms with van der Waals surface area (Å²) < 4.78 is 0. The van der Waals surface area contributed by atoms with Crippen molar-refractivity contribution in [3.05, 3.63) is 63.0 Å². The number of carbonyl (C=O) groups is 1. The zero-order valence-corrected chi connectivity index (χ0v) is 19.8. The van der Waals surface area contributed by atoms with Crippen LogP contribution >= 0.6 is 48.0 Å². The van der Waals surface area contributed by atoms with E-state index in [1.165, 1.54) is 4.88 Å². The number of hydrogen-bond donors (Lipinski definition) is 3. The zero-order chi connectivity index (χ0) is 21.3. The highest BCUT2D eigenvalue weighted by molar-refractivity contribution is 7.59. The molecule has 4 rings (SSSR count). The van der Waals surface area contributed by atoms with Crippen LogP contribution < -0.4 is 5.32 Å². The lowest BCUT2D eigenvalue weighted by Gasteiger charge is -2.13. The summed E-state index contributed by atoms with van der Waals surface area (Å²) in [6.07, 6.45) is 2.58. The molecule has 1 aliphatic rings. The number of nitrogens with one attached hydrogen (secondary N) is 1. The molecule has 1 fully saturated rings. The lowest BCUT2D eigenvalue weighted by Crippen LogP contribution is -2.25. The second kappa shape index (κ2) is 10.1. The monoisotopic (exact) mass is 496 g/mol. The maximum absolute atomic E-state index is 11.7. The molecule has 1 saturated carbocycles. The summed E-state index contributed by atoms with van der Waals surface area (Å²) in [6, 6.07) is 12.2. The maximum atomic E-state index is 11.7. The number of anilines is 1. The predicted octanol–water partition coefficient (Wildman–Crippen LogP) is 6.17. The summed E-state index contributed by atoms with van der Waals surface area (Å²) in [4.78, 5) is 17.7. The zero-order valence-electron chi connectivity index (χ0n) is 16.4. The van der Waals surface area contributed by atoms with Gasteiger partial charge < -0.3 is 15.5 Å². The number of phenols is 1. The van der Waals surface area contributed by atoms with Crippen molar-refractivity contribution in [1.29, 1.82) is 0 Å². The smallest absolute Gasteiger partial charge is 0.308 e. The van der Waals surface area contributed by atoms with Gasteiger partial charge in [-0.1, -0.05) is 41.4 Å². The fourth-order valence-corrected chi connectivity index (χ4v) is 4.77. The van der Waals surface area contributed by atoms with Crippen molar-refractivity contribution in [2.45, 2.75) is 25.2 Å². The summed E-state index contributed by atoms with van der Waals surface area (Å²) >= 11 is 13.8. The van der Waals surface area contributed by atoms with Crippen LogP contribution in [0, 0.1) is 5.92 Å². The molecule has 1 unspecified atom stereocenters. The molecule has 3 aromatic rings. The van der Waals surface area contributed by atoms with E-state index in [1.54, 1.807) is 35.6 Å². The minimum Gasteiger partial charge on any atom is -0.508 e. The number of hydrogen-bond acceptors (Lipinski definition) is 5. The number of aromatic nitrogens is 1. The van der Waals surface area contributed by atoms with Gasteiger partial charge in [0.05, 0.1) is 21.7 Å². The van der Waals surface area contributed by atoms with Gasteiger partial charge in [0.15, 0.2) is 5.13 Å². The van der Waals surface area contributed by atoms with Crippen LogP contribution in [0.25, 0.3) is 11.3 Å². The standard InChI is InChI=1S/C22H20Cl2N2O3S.H2S/c23-17-7-6-14(10-18(17)24)19-20(13-4-5-13)30-22(26-19)25-11-15(21(28)29)8-12-2-1-3-16(27)9-12;/h1-3,6-7,9-10,13,15,27H,4-5,8,11H2,(H,25,26)(H,28,29);1H2. The van der Waals surface area contributed by atoms with Gasteiger partial charge in [-0.25, -0.2) is 4.98 Å². The van der Waals surface area contributed by atoms with E-state index in [0.29, 0.717) is 27.5 Å². The number of nitrogens with zero attached hydrogens (tertiary/aromatic N) is 1. The summed E-state index contributed by atoms with van der Waals surface area (Å²) in [6.45, 7) is 0.240. The molecule has 5 nitrogen and oxygen atoms in total. The number of benzene rings is 2. The number of carboxylic acid groups (broad SMARTS) is 1. The van der Waals surface area contributed by atoms with Gasteiger partial charge in [0.25, 0.3) is 0 Å². The molecular formula is C22H22Cl2N2O3S2. The van der Waals surface area contributed by atoms with Gasteiger partial charge in [0, 0.05) is 17.0 Å². The van der Waals surface area contributed by atoms with Crippen molar-refractivity contribution < 1.29 is 15.0 Å². The summed E-state index contributed by atoms with van der Waals surface area (Å²) in [5, 5.41) is 24.1. The Morgan fingerprint density at radius 2 is 1.97 bits per heavy atom. The van der Waals surface area contributed by atoms with Crippen LogP contribution in [0.3, 0.4) is 0 Å².